The van der Waals surface area contributed by atoms with Crippen molar-refractivity contribution < 1.29 is 4.79 Å². The van der Waals surface area contributed by atoms with Gasteiger partial charge in [0.1, 0.15) is 0 Å². The van der Waals surface area contributed by atoms with Crippen molar-refractivity contribution in [2.45, 2.75) is 31.7 Å². The molecule has 1 saturated carbocycles. The minimum absolute atomic E-state index is 0.0896. The number of benzene rings is 1. The van der Waals surface area contributed by atoms with Crippen LogP contribution < -0.4 is 16.0 Å². The summed E-state index contributed by atoms with van der Waals surface area (Å²) in [7, 11) is 0. The van der Waals surface area contributed by atoms with Gasteiger partial charge in [0, 0.05) is 12.6 Å². The number of carbonyl (C=O) groups is 1. The second-order valence-electron chi connectivity index (χ2n) is 4.74. The van der Waals surface area contributed by atoms with E-state index in [9.17, 15) is 4.79 Å². The maximum Gasteiger partial charge on any atom is 0.319 e. The highest BCUT2D eigenvalue weighted by Gasteiger charge is 2.23. The predicted octanol–water partition coefficient (Wildman–Crippen LogP) is 2.33. The minimum atomic E-state index is -0.0896. The second-order valence-corrected chi connectivity index (χ2v) is 4.74. The number of amides is 2. The Balaban J connectivity index is 1.75. The van der Waals surface area contributed by atoms with E-state index in [1.54, 1.807) is 0 Å². The highest BCUT2D eigenvalue weighted by atomic mass is 16.2. The third-order valence-corrected chi connectivity index (χ3v) is 3.24. The Morgan fingerprint density at radius 2 is 2.24 bits per heavy atom. The van der Waals surface area contributed by atoms with Gasteiger partial charge in [-0.15, -0.1) is 0 Å². The number of fused-ring (bicyclic) bond motifs is 1. The molecular weight excluding hydrogens is 214 g/mol. The molecule has 1 fully saturated rings. The van der Waals surface area contributed by atoms with Crippen molar-refractivity contribution in [2.75, 3.05) is 17.2 Å². The third-order valence-electron chi connectivity index (χ3n) is 3.24. The van der Waals surface area contributed by atoms with E-state index in [4.69, 9.17) is 0 Å². The topological polar surface area (TPSA) is 53.2 Å². The zero-order valence-corrected chi connectivity index (χ0v) is 9.75. The summed E-state index contributed by atoms with van der Waals surface area (Å²) < 4.78 is 0. The molecule has 0 radical (unpaired) electrons. The standard InChI is InChI=1S/C13H17N3O/c17-13(15-10-6-7-10)16-11-5-1-3-9-4-2-8-14-12(9)11/h1,3,5,10,14H,2,4,6-8H2,(H2,15,16,17). The van der Waals surface area contributed by atoms with Gasteiger partial charge in [-0.2, -0.15) is 0 Å². The Hall–Kier alpha value is -1.71. The van der Waals surface area contributed by atoms with Gasteiger partial charge in [-0.3, -0.25) is 0 Å². The quantitative estimate of drug-likeness (QED) is 0.731. The third kappa shape index (κ3) is 2.35. The lowest BCUT2D eigenvalue weighted by Gasteiger charge is -2.21. The fourth-order valence-electron chi connectivity index (χ4n) is 2.19. The average molecular weight is 231 g/mol. The van der Waals surface area contributed by atoms with Crippen LogP contribution in [0.5, 0.6) is 0 Å². The van der Waals surface area contributed by atoms with Gasteiger partial charge in [0.25, 0.3) is 0 Å². The lowest BCUT2D eigenvalue weighted by Crippen LogP contribution is -2.31. The number of nitrogens with one attached hydrogen (secondary N) is 3. The van der Waals surface area contributed by atoms with Gasteiger partial charge in [-0.1, -0.05) is 12.1 Å². The molecule has 0 spiro atoms. The molecule has 1 aromatic carbocycles. The Morgan fingerprint density at radius 1 is 1.35 bits per heavy atom. The van der Waals surface area contributed by atoms with Crippen molar-refractivity contribution in [2.24, 2.45) is 0 Å². The van der Waals surface area contributed by atoms with E-state index in [0.717, 1.165) is 43.6 Å². The Kier molecular flexibility index (Phi) is 2.63. The fourth-order valence-corrected chi connectivity index (χ4v) is 2.19. The summed E-state index contributed by atoms with van der Waals surface area (Å²) >= 11 is 0. The average Bonchev–Trinajstić information content (AvgIpc) is 3.13. The maximum atomic E-state index is 11.7. The van der Waals surface area contributed by atoms with Crippen LogP contribution in [-0.2, 0) is 6.42 Å². The van der Waals surface area contributed by atoms with E-state index in [1.165, 1.54) is 5.56 Å². The molecule has 4 heteroatoms. The molecule has 1 aliphatic heterocycles. The lowest BCUT2D eigenvalue weighted by molar-refractivity contribution is 0.251. The zero-order chi connectivity index (χ0) is 11.7. The highest BCUT2D eigenvalue weighted by Crippen LogP contribution is 2.30. The number of rotatable bonds is 2. The van der Waals surface area contributed by atoms with Gasteiger partial charge >= 0.3 is 6.03 Å². The number of hydrogen-bond donors (Lipinski definition) is 3. The summed E-state index contributed by atoms with van der Waals surface area (Å²) in [5, 5.41) is 9.22. The molecule has 1 heterocycles. The number of hydrogen-bond acceptors (Lipinski definition) is 2. The molecular formula is C13H17N3O. The van der Waals surface area contributed by atoms with Gasteiger partial charge in [0.2, 0.25) is 0 Å². The summed E-state index contributed by atoms with van der Waals surface area (Å²) in [5.41, 5.74) is 3.27. The van der Waals surface area contributed by atoms with E-state index in [2.05, 4.69) is 22.0 Å². The van der Waals surface area contributed by atoms with Crippen LogP contribution >= 0.6 is 0 Å². The molecule has 0 aromatic heterocycles. The van der Waals surface area contributed by atoms with Gasteiger partial charge in [-0.05, 0) is 37.3 Å². The number of anilines is 2. The molecule has 3 N–H and O–H groups in total. The minimum Gasteiger partial charge on any atom is -0.383 e. The van der Waals surface area contributed by atoms with Gasteiger partial charge in [0.05, 0.1) is 11.4 Å². The van der Waals surface area contributed by atoms with E-state index >= 15 is 0 Å². The monoisotopic (exact) mass is 231 g/mol. The first-order valence-electron chi connectivity index (χ1n) is 6.26. The number of aryl methyl sites for hydroxylation is 1. The summed E-state index contributed by atoms with van der Waals surface area (Å²) in [6, 6.07) is 6.36. The molecule has 1 aliphatic carbocycles. The first-order chi connectivity index (χ1) is 8.33. The van der Waals surface area contributed by atoms with Crippen molar-refractivity contribution in [1.82, 2.24) is 5.32 Å². The van der Waals surface area contributed by atoms with E-state index < -0.39 is 0 Å². The summed E-state index contributed by atoms with van der Waals surface area (Å²) in [6.45, 7) is 0.982. The molecule has 90 valence electrons. The summed E-state index contributed by atoms with van der Waals surface area (Å²) in [6.07, 6.45) is 4.46. The maximum absolute atomic E-state index is 11.7. The van der Waals surface area contributed by atoms with E-state index in [1.807, 2.05) is 12.1 Å². The number of urea groups is 1. The van der Waals surface area contributed by atoms with Crippen LogP contribution in [0.15, 0.2) is 18.2 Å². The predicted molar refractivity (Wildman–Crippen MR) is 68.4 cm³/mol. The van der Waals surface area contributed by atoms with Gasteiger partial charge < -0.3 is 16.0 Å². The lowest BCUT2D eigenvalue weighted by atomic mass is 10.0. The molecule has 2 amide bonds. The smallest absolute Gasteiger partial charge is 0.319 e. The Labute approximate surface area is 101 Å². The molecule has 3 rings (SSSR count). The molecule has 4 nitrogen and oxygen atoms in total. The first kappa shape index (κ1) is 10.4. The first-order valence-corrected chi connectivity index (χ1v) is 6.26. The normalized spacial score (nSPS) is 17.9. The highest BCUT2D eigenvalue weighted by molar-refractivity contribution is 5.94. The van der Waals surface area contributed by atoms with Crippen LogP contribution in [0.25, 0.3) is 0 Å². The molecule has 0 saturated heterocycles. The largest absolute Gasteiger partial charge is 0.383 e. The van der Waals surface area contributed by atoms with E-state index in [0.29, 0.717) is 6.04 Å². The Bertz CT molecular complexity index is 440. The van der Waals surface area contributed by atoms with Crippen molar-refractivity contribution in [1.29, 1.82) is 0 Å². The number of para-hydroxylation sites is 1. The molecule has 0 atom stereocenters. The molecule has 17 heavy (non-hydrogen) atoms. The zero-order valence-electron chi connectivity index (χ0n) is 9.75. The van der Waals surface area contributed by atoms with Crippen molar-refractivity contribution in [3.8, 4) is 0 Å². The summed E-state index contributed by atoms with van der Waals surface area (Å²) in [4.78, 5) is 11.7. The molecule has 0 bridgehead atoms. The molecule has 0 unspecified atom stereocenters. The molecule has 2 aliphatic rings. The second kappa shape index (κ2) is 4.28. The van der Waals surface area contributed by atoms with E-state index in [-0.39, 0.29) is 6.03 Å². The van der Waals surface area contributed by atoms with Crippen LogP contribution in [0.2, 0.25) is 0 Å². The fraction of sp³-hybridized carbons (Fsp3) is 0.462. The summed E-state index contributed by atoms with van der Waals surface area (Å²) in [5.74, 6) is 0. The van der Waals surface area contributed by atoms with Crippen molar-refractivity contribution in [3.63, 3.8) is 0 Å². The van der Waals surface area contributed by atoms with Crippen molar-refractivity contribution >= 4 is 17.4 Å². The Morgan fingerprint density at radius 3 is 3.06 bits per heavy atom. The van der Waals surface area contributed by atoms with Crippen LogP contribution in [-0.4, -0.2) is 18.6 Å². The van der Waals surface area contributed by atoms with Crippen LogP contribution in [0.3, 0.4) is 0 Å². The van der Waals surface area contributed by atoms with Gasteiger partial charge in [-0.25, -0.2) is 4.79 Å². The molecule has 1 aromatic rings. The van der Waals surface area contributed by atoms with Crippen LogP contribution in [0.1, 0.15) is 24.8 Å². The van der Waals surface area contributed by atoms with Crippen LogP contribution in [0.4, 0.5) is 16.2 Å². The van der Waals surface area contributed by atoms with Crippen LogP contribution in [0, 0.1) is 0 Å². The van der Waals surface area contributed by atoms with Crippen molar-refractivity contribution in [3.05, 3.63) is 23.8 Å². The number of carbonyl (C=O) groups excluding carboxylic acids is 1. The SMILES string of the molecule is O=C(Nc1cccc2c1NCCC2)NC1CC1. The van der Waals surface area contributed by atoms with Gasteiger partial charge in [0.15, 0.2) is 0 Å².